The number of likely N-dealkylation sites (N-methyl/N-ethyl adjacent to an activating group) is 2. The van der Waals surface area contributed by atoms with Crippen molar-refractivity contribution < 1.29 is 9.90 Å². The Balaban J connectivity index is 0.000000501. The minimum Gasteiger partial charge on any atom is -0.476 e. The second-order valence-electron chi connectivity index (χ2n) is 7.64. The Morgan fingerprint density at radius 3 is 2.29 bits per heavy atom. The highest BCUT2D eigenvalue weighted by Gasteiger charge is 2.16. The Morgan fingerprint density at radius 2 is 1.71 bits per heavy atom. The lowest BCUT2D eigenvalue weighted by Gasteiger charge is -2.12. The summed E-state index contributed by atoms with van der Waals surface area (Å²) in [5, 5.41) is 14.8. The Kier molecular flexibility index (Phi) is 9.33. The van der Waals surface area contributed by atoms with Gasteiger partial charge in [-0.05, 0) is 50.6 Å². The summed E-state index contributed by atoms with van der Waals surface area (Å²) in [6.45, 7) is 3.19. The molecule has 2 aromatic carbocycles. The van der Waals surface area contributed by atoms with Crippen LogP contribution in [0.4, 0.5) is 5.95 Å². The molecule has 166 valence electrons. The number of hydrogen-bond donors (Lipinski definition) is 3. The fourth-order valence-electron chi connectivity index (χ4n) is 2.85. The molecule has 0 fully saturated rings. The Bertz CT molecular complexity index is 991. The third kappa shape index (κ3) is 7.60. The molecule has 0 unspecified atom stereocenters. The van der Waals surface area contributed by atoms with Crippen molar-refractivity contribution in [3.8, 4) is 11.1 Å². The number of aromatic nitrogens is 2. The first kappa shape index (κ1) is 24.2. The molecule has 4 N–H and O–H groups in total. The molecule has 1 heterocycles. The molecule has 0 aliphatic rings. The number of carboxylic acids is 1. The van der Waals surface area contributed by atoms with Crippen molar-refractivity contribution in [2.45, 2.75) is 0 Å². The molecule has 0 aliphatic heterocycles. The molecule has 0 bridgehead atoms. The molecule has 8 heteroatoms. The van der Waals surface area contributed by atoms with Gasteiger partial charge in [0, 0.05) is 37.9 Å². The quantitative estimate of drug-likeness (QED) is 0.506. The van der Waals surface area contributed by atoms with Crippen molar-refractivity contribution in [1.29, 1.82) is 0 Å². The van der Waals surface area contributed by atoms with Crippen molar-refractivity contribution in [3.05, 3.63) is 54.4 Å². The highest BCUT2D eigenvalue weighted by atomic mass is 16.4. The summed E-state index contributed by atoms with van der Waals surface area (Å²) in [6, 6.07) is 13.8. The van der Waals surface area contributed by atoms with Crippen LogP contribution in [-0.2, 0) is 0 Å². The Labute approximate surface area is 183 Å². The average molecular weight is 425 g/mol. The van der Waals surface area contributed by atoms with E-state index in [2.05, 4.69) is 20.2 Å². The average Bonchev–Trinajstić information content (AvgIpc) is 2.73. The number of aromatic carboxylic acids is 1. The Hall–Kier alpha value is -3.07. The summed E-state index contributed by atoms with van der Waals surface area (Å²) < 4.78 is 0. The topological polar surface area (TPSA) is 108 Å². The molecule has 0 spiro atoms. The molecule has 0 amide bonds. The molecule has 3 rings (SSSR count). The molecule has 0 saturated carbocycles. The lowest BCUT2D eigenvalue weighted by molar-refractivity contribution is 0.0691. The first-order valence-corrected chi connectivity index (χ1v) is 10.1. The van der Waals surface area contributed by atoms with Crippen LogP contribution in [0.3, 0.4) is 0 Å². The van der Waals surface area contributed by atoms with E-state index in [9.17, 15) is 9.90 Å². The van der Waals surface area contributed by atoms with Crippen LogP contribution in [0.15, 0.2) is 48.7 Å². The van der Waals surface area contributed by atoms with Gasteiger partial charge in [-0.25, -0.2) is 14.8 Å². The number of benzene rings is 2. The zero-order valence-corrected chi connectivity index (χ0v) is 18.7. The van der Waals surface area contributed by atoms with Crippen LogP contribution in [0.2, 0.25) is 0 Å². The van der Waals surface area contributed by atoms with Crippen LogP contribution in [0, 0.1) is 0 Å². The summed E-state index contributed by atoms with van der Waals surface area (Å²) in [5.41, 5.74) is 6.48. The third-order valence-corrected chi connectivity index (χ3v) is 4.47. The van der Waals surface area contributed by atoms with Crippen molar-refractivity contribution in [3.63, 3.8) is 0 Å². The van der Waals surface area contributed by atoms with Gasteiger partial charge in [0.25, 0.3) is 0 Å². The minimum absolute atomic E-state index is 0.00219. The predicted octanol–water partition coefficient (Wildman–Crippen LogP) is 2.48. The van der Waals surface area contributed by atoms with E-state index >= 15 is 0 Å². The summed E-state index contributed by atoms with van der Waals surface area (Å²) in [6.07, 6.45) is 1.57. The first-order valence-electron chi connectivity index (χ1n) is 10.1. The van der Waals surface area contributed by atoms with E-state index in [1.54, 1.807) is 6.20 Å². The van der Waals surface area contributed by atoms with Gasteiger partial charge in [-0.15, -0.1) is 0 Å². The third-order valence-electron chi connectivity index (χ3n) is 4.47. The van der Waals surface area contributed by atoms with E-state index < -0.39 is 5.97 Å². The molecule has 31 heavy (non-hydrogen) atoms. The molecule has 0 aliphatic carbocycles. The highest BCUT2D eigenvalue weighted by Crippen LogP contribution is 2.26. The van der Waals surface area contributed by atoms with E-state index in [0.717, 1.165) is 36.0 Å². The van der Waals surface area contributed by atoms with Crippen LogP contribution in [0.5, 0.6) is 0 Å². The number of nitrogens with two attached hydrogens (primary N) is 1. The molecular formula is C23H32N6O2. The lowest BCUT2D eigenvalue weighted by atomic mass is 10.0. The molecule has 8 nitrogen and oxygen atoms in total. The van der Waals surface area contributed by atoms with Gasteiger partial charge < -0.3 is 26.0 Å². The van der Waals surface area contributed by atoms with E-state index in [1.807, 2.05) is 75.6 Å². The molecule has 0 atom stereocenters. The number of hydrogen-bond acceptors (Lipinski definition) is 7. The molecular weight excluding hydrogens is 392 g/mol. The fraction of sp³-hybridized carbons (Fsp3) is 0.348. The maximum absolute atomic E-state index is 11.7. The fourth-order valence-corrected chi connectivity index (χ4v) is 2.85. The summed E-state index contributed by atoms with van der Waals surface area (Å²) in [5.74, 6) is -0.745. The van der Waals surface area contributed by atoms with Crippen molar-refractivity contribution in [2.24, 2.45) is 5.73 Å². The van der Waals surface area contributed by atoms with Gasteiger partial charge in [-0.1, -0.05) is 36.4 Å². The monoisotopic (exact) mass is 424 g/mol. The zero-order valence-electron chi connectivity index (χ0n) is 18.7. The first-order chi connectivity index (χ1) is 14.8. The van der Waals surface area contributed by atoms with E-state index in [-0.39, 0.29) is 5.69 Å². The number of carboxylic acid groups (broad SMARTS) is 1. The standard InChI is InChI=1S/C19H20N4O2.C4H12N2/c1-23(2)10-9-20-19-21-12-16(17(22-19)18(24)25)15-8-7-13-5-3-4-6-14(13)11-15;1-6(2)4-3-5/h3-8,11-12H,9-10H2,1-2H3,(H,24,25)(H,20,21,22);3-5H2,1-2H3. The van der Waals surface area contributed by atoms with Crippen LogP contribution in [-0.4, -0.2) is 85.2 Å². The van der Waals surface area contributed by atoms with Crippen LogP contribution < -0.4 is 11.1 Å². The van der Waals surface area contributed by atoms with Gasteiger partial charge >= 0.3 is 5.97 Å². The molecule has 0 saturated heterocycles. The second kappa shape index (κ2) is 11.9. The normalized spacial score (nSPS) is 10.8. The molecule has 3 aromatic rings. The second-order valence-corrected chi connectivity index (χ2v) is 7.64. The van der Waals surface area contributed by atoms with Crippen LogP contribution >= 0.6 is 0 Å². The number of carbonyl (C=O) groups is 1. The van der Waals surface area contributed by atoms with E-state index in [1.165, 1.54) is 0 Å². The zero-order chi connectivity index (χ0) is 22.8. The lowest BCUT2D eigenvalue weighted by Crippen LogP contribution is -2.22. The van der Waals surface area contributed by atoms with Crippen LogP contribution in [0.25, 0.3) is 21.9 Å². The van der Waals surface area contributed by atoms with Gasteiger partial charge in [-0.3, -0.25) is 0 Å². The van der Waals surface area contributed by atoms with Crippen molar-refractivity contribution in [1.82, 2.24) is 19.8 Å². The van der Waals surface area contributed by atoms with Gasteiger partial charge in [0.15, 0.2) is 5.69 Å². The summed E-state index contributed by atoms with van der Waals surface area (Å²) in [7, 11) is 7.95. The SMILES string of the molecule is CN(C)CCN.CN(C)CCNc1ncc(-c2ccc3ccccc3c2)c(C(=O)O)n1. The van der Waals surface area contributed by atoms with Gasteiger partial charge in [0.1, 0.15) is 0 Å². The van der Waals surface area contributed by atoms with Gasteiger partial charge in [0.2, 0.25) is 5.95 Å². The largest absolute Gasteiger partial charge is 0.476 e. The van der Waals surface area contributed by atoms with Gasteiger partial charge in [0.05, 0.1) is 0 Å². The van der Waals surface area contributed by atoms with Crippen molar-refractivity contribution in [2.75, 3.05) is 59.7 Å². The minimum atomic E-state index is -1.07. The summed E-state index contributed by atoms with van der Waals surface area (Å²) in [4.78, 5) is 24.2. The Morgan fingerprint density at radius 1 is 1.03 bits per heavy atom. The van der Waals surface area contributed by atoms with E-state index in [0.29, 0.717) is 18.1 Å². The van der Waals surface area contributed by atoms with Crippen molar-refractivity contribution >= 4 is 22.7 Å². The highest BCUT2D eigenvalue weighted by molar-refractivity contribution is 5.96. The number of nitrogens with one attached hydrogen (secondary N) is 1. The smallest absolute Gasteiger partial charge is 0.355 e. The summed E-state index contributed by atoms with van der Waals surface area (Å²) >= 11 is 0. The maximum Gasteiger partial charge on any atom is 0.355 e. The number of rotatable bonds is 8. The van der Waals surface area contributed by atoms with E-state index in [4.69, 9.17) is 5.73 Å². The maximum atomic E-state index is 11.7. The molecule has 1 aromatic heterocycles. The number of nitrogens with zero attached hydrogens (tertiary/aromatic N) is 4. The number of fused-ring (bicyclic) bond motifs is 1. The predicted molar refractivity (Wildman–Crippen MR) is 127 cm³/mol. The van der Waals surface area contributed by atoms with Gasteiger partial charge in [-0.2, -0.15) is 0 Å². The molecule has 0 radical (unpaired) electrons. The number of anilines is 1. The van der Waals surface area contributed by atoms with Crippen LogP contribution in [0.1, 0.15) is 10.5 Å².